The van der Waals surface area contributed by atoms with E-state index in [2.05, 4.69) is 5.32 Å². The highest BCUT2D eigenvalue weighted by molar-refractivity contribution is 7.92. The fourth-order valence-corrected chi connectivity index (χ4v) is 5.96. The van der Waals surface area contributed by atoms with Crippen molar-refractivity contribution >= 4 is 50.7 Å². The maximum absolute atomic E-state index is 14.0. The number of nitrogens with one attached hydrogen (secondary N) is 1. The number of nitrogens with zero attached hydrogens (tertiary/aromatic N) is 2. The fourth-order valence-electron chi connectivity index (χ4n) is 3.94. The van der Waals surface area contributed by atoms with Crippen LogP contribution in [0.3, 0.4) is 0 Å². The molecule has 0 unspecified atom stereocenters. The van der Waals surface area contributed by atoms with Crippen LogP contribution in [0.2, 0.25) is 10.0 Å². The molecule has 2 amide bonds. The zero-order chi connectivity index (χ0) is 29.0. The van der Waals surface area contributed by atoms with Crippen LogP contribution in [0.25, 0.3) is 0 Å². The van der Waals surface area contributed by atoms with Gasteiger partial charge >= 0.3 is 0 Å². The van der Waals surface area contributed by atoms with Gasteiger partial charge in [-0.15, -0.1) is 0 Å². The molecule has 0 heterocycles. The van der Waals surface area contributed by atoms with E-state index in [0.717, 1.165) is 15.4 Å². The number of hydrogen-bond acceptors (Lipinski definition) is 4. The van der Waals surface area contributed by atoms with E-state index in [1.807, 2.05) is 52.0 Å². The molecule has 0 saturated carbocycles. The van der Waals surface area contributed by atoms with Crippen molar-refractivity contribution in [2.45, 2.75) is 57.6 Å². The van der Waals surface area contributed by atoms with Crippen LogP contribution in [0.1, 0.15) is 38.8 Å². The van der Waals surface area contributed by atoms with E-state index in [1.54, 1.807) is 25.1 Å². The van der Waals surface area contributed by atoms with Crippen LogP contribution in [0.5, 0.6) is 0 Å². The lowest BCUT2D eigenvalue weighted by Crippen LogP contribution is -2.54. The molecule has 3 aromatic rings. The maximum Gasteiger partial charge on any atom is 0.264 e. The van der Waals surface area contributed by atoms with Crippen LogP contribution >= 0.6 is 23.2 Å². The average Bonchev–Trinajstić information content (AvgIpc) is 2.86. The van der Waals surface area contributed by atoms with Gasteiger partial charge in [-0.25, -0.2) is 8.42 Å². The minimum Gasteiger partial charge on any atom is -0.350 e. The van der Waals surface area contributed by atoms with E-state index in [4.69, 9.17) is 23.2 Å². The molecule has 39 heavy (non-hydrogen) atoms. The van der Waals surface area contributed by atoms with E-state index in [1.165, 1.54) is 35.2 Å². The first-order valence-electron chi connectivity index (χ1n) is 12.4. The summed E-state index contributed by atoms with van der Waals surface area (Å²) in [6.07, 6.45) is 0. The third-order valence-corrected chi connectivity index (χ3v) is 8.37. The Hall–Kier alpha value is -3.07. The number of sulfonamides is 1. The quantitative estimate of drug-likeness (QED) is 0.340. The first-order chi connectivity index (χ1) is 18.2. The van der Waals surface area contributed by atoms with Crippen LogP contribution in [-0.2, 0) is 26.2 Å². The van der Waals surface area contributed by atoms with Gasteiger partial charge in [0.1, 0.15) is 12.6 Å². The second-order valence-corrected chi connectivity index (χ2v) is 13.0. The predicted molar refractivity (Wildman–Crippen MR) is 157 cm³/mol. The molecule has 208 valence electrons. The summed E-state index contributed by atoms with van der Waals surface area (Å²) >= 11 is 12.5. The summed E-state index contributed by atoms with van der Waals surface area (Å²) in [5, 5.41) is 3.30. The molecular weight excluding hydrogens is 557 g/mol. The summed E-state index contributed by atoms with van der Waals surface area (Å²) in [7, 11) is -4.22. The molecule has 0 aliphatic heterocycles. The van der Waals surface area contributed by atoms with Crippen molar-refractivity contribution in [3.63, 3.8) is 0 Å². The molecule has 0 aliphatic rings. The van der Waals surface area contributed by atoms with Crippen LogP contribution in [0, 0.1) is 6.92 Å². The summed E-state index contributed by atoms with van der Waals surface area (Å²) in [4.78, 5) is 28.5. The second kappa shape index (κ2) is 12.4. The van der Waals surface area contributed by atoms with Gasteiger partial charge in [-0.3, -0.25) is 13.9 Å². The molecule has 0 aliphatic carbocycles. The smallest absolute Gasteiger partial charge is 0.264 e. The lowest BCUT2D eigenvalue weighted by Gasteiger charge is -2.34. The number of carbonyl (C=O) groups excluding carboxylic acids is 2. The Morgan fingerprint density at radius 2 is 1.56 bits per heavy atom. The highest BCUT2D eigenvalue weighted by Gasteiger charge is 2.34. The maximum atomic E-state index is 14.0. The monoisotopic (exact) mass is 589 g/mol. The number of benzene rings is 3. The van der Waals surface area contributed by atoms with E-state index in [9.17, 15) is 18.0 Å². The first-order valence-corrected chi connectivity index (χ1v) is 14.6. The molecular formula is C29H33Cl2N3O4S. The largest absolute Gasteiger partial charge is 0.350 e. The first kappa shape index (κ1) is 30.5. The SMILES string of the molecule is Cc1ccccc1CN(C(=O)CN(c1ccc(Cl)cc1Cl)S(=O)(=O)c1ccccc1)[C@H](C)C(=O)NC(C)(C)C. The lowest BCUT2D eigenvalue weighted by atomic mass is 10.1. The molecule has 1 N–H and O–H groups in total. The molecule has 1 atom stereocenters. The van der Waals surface area contributed by atoms with Gasteiger partial charge in [0.25, 0.3) is 10.0 Å². The molecule has 0 fully saturated rings. The summed E-state index contributed by atoms with van der Waals surface area (Å²) in [5.41, 5.74) is 1.35. The zero-order valence-electron chi connectivity index (χ0n) is 22.6. The van der Waals surface area contributed by atoms with Crippen molar-refractivity contribution in [1.29, 1.82) is 0 Å². The highest BCUT2D eigenvalue weighted by atomic mass is 35.5. The van der Waals surface area contributed by atoms with E-state index >= 15 is 0 Å². The van der Waals surface area contributed by atoms with Gasteiger partial charge in [-0.05, 0) is 76.1 Å². The number of carbonyl (C=O) groups is 2. The molecule has 0 spiro atoms. The average molecular weight is 591 g/mol. The molecule has 3 aromatic carbocycles. The number of hydrogen-bond donors (Lipinski definition) is 1. The molecule has 0 saturated heterocycles. The normalized spacial score (nSPS) is 12.5. The number of halogens is 2. The van der Waals surface area contributed by atoms with E-state index in [-0.39, 0.29) is 28.1 Å². The molecule has 0 radical (unpaired) electrons. The highest BCUT2D eigenvalue weighted by Crippen LogP contribution is 2.33. The van der Waals surface area contributed by atoms with Gasteiger partial charge in [0.05, 0.1) is 15.6 Å². The number of amides is 2. The Labute approximate surface area is 240 Å². The zero-order valence-corrected chi connectivity index (χ0v) is 24.9. The van der Waals surface area contributed by atoms with Crippen LogP contribution in [-0.4, -0.2) is 43.3 Å². The molecule has 0 bridgehead atoms. The van der Waals surface area contributed by atoms with Crippen molar-refractivity contribution < 1.29 is 18.0 Å². The van der Waals surface area contributed by atoms with Crippen molar-refractivity contribution in [2.75, 3.05) is 10.8 Å². The van der Waals surface area contributed by atoms with Crippen LogP contribution < -0.4 is 9.62 Å². The Kier molecular flexibility index (Phi) is 9.69. The summed E-state index contributed by atoms with van der Waals surface area (Å²) in [5.74, 6) is -0.924. The van der Waals surface area contributed by atoms with Gasteiger partial charge in [0.2, 0.25) is 11.8 Å². The van der Waals surface area contributed by atoms with E-state index in [0.29, 0.717) is 5.02 Å². The minimum absolute atomic E-state index is 0.00667. The Bertz CT molecular complexity index is 1440. The van der Waals surface area contributed by atoms with Crippen LogP contribution in [0.15, 0.2) is 77.7 Å². The Balaban J connectivity index is 2.07. The third kappa shape index (κ3) is 7.75. The lowest BCUT2D eigenvalue weighted by molar-refractivity contribution is -0.140. The topological polar surface area (TPSA) is 86.8 Å². The summed E-state index contributed by atoms with van der Waals surface area (Å²) in [6, 6.07) is 18.8. The van der Waals surface area contributed by atoms with Crippen molar-refractivity contribution in [1.82, 2.24) is 10.2 Å². The summed E-state index contributed by atoms with van der Waals surface area (Å²) < 4.78 is 28.6. The third-order valence-electron chi connectivity index (χ3n) is 6.06. The van der Waals surface area contributed by atoms with Gasteiger partial charge in [0.15, 0.2) is 0 Å². The minimum atomic E-state index is -4.22. The Morgan fingerprint density at radius 1 is 0.949 bits per heavy atom. The van der Waals surface area contributed by atoms with Gasteiger partial charge in [0, 0.05) is 17.1 Å². The molecule has 7 nitrogen and oxygen atoms in total. The van der Waals surface area contributed by atoms with Crippen molar-refractivity contribution in [3.05, 3.63) is 94.0 Å². The molecule has 3 rings (SSSR count). The standard InChI is InChI=1S/C29H33Cl2N3O4S/c1-20-11-9-10-12-22(20)18-33(21(2)28(36)32-29(3,4)5)27(35)19-34(26-16-15-23(30)17-25(26)31)39(37,38)24-13-7-6-8-14-24/h6-17,21H,18-19H2,1-5H3,(H,32,36)/t21-/m1/s1. The Morgan fingerprint density at radius 3 is 2.15 bits per heavy atom. The molecule has 0 aromatic heterocycles. The summed E-state index contributed by atoms with van der Waals surface area (Å²) in [6.45, 7) is 8.61. The van der Waals surface area contributed by atoms with Crippen LogP contribution in [0.4, 0.5) is 5.69 Å². The molecule has 10 heteroatoms. The van der Waals surface area contributed by atoms with Gasteiger partial charge < -0.3 is 10.2 Å². The fraction of sp³-hybridized carbons (Fsp3) is 0.310. The number of rotatable bonds is 9. The second-order valence-electron chi connectivity index (χ2n) is 10.3. The number of aryl methyl sites for hydroxylation is 1. The van der Waals surface area contributed by atoms with Gasteiger partial charge in [-0.2, -0.15) is 0 Å². The van der Waals surface area contributed by atoms with Gasteiger partial charge in [-0.1, -0.05) is 65.7 Å². The number of anilines is 1. The predicted octanol–water partition coefficient (Wildman–Crippen LogP) is 5.83. The van der Waals surface area contributed by atoms with Crippen molar-refractivity contribution in [2.24, 2.45) is 0 Å². The van der Waals surface area contributed by atoms with Crippen molar-refractivity contribution in [3.8, 4) is 0 Å². The van der Waals surface area contributed by atoms with E-state index < -0.39 is 34.1 Å².